The molecule has 1 heterocycles. The fraction of sp³-hybridized carbons (Fsp3) is 0.500. The lowest BCUT2D eigenvalue weighted by atomic mass is 9.93. The van der Waals surface area contributed by atoms with Gasteiger partial charge in [-0.15, -0.1) is 0 Å². The van der Waals surface area contributed by atoms with Gasteiger partial charge in [-0.3, -0.25) is 0 Å². The van der Waals surface area contributed by atoms with E-state index in [9.17, 15) is 9.18 Å². The van der Waals surface area contributed by atoms with E-state index in [4.69, 9.17) is 4.74 Å². The van der Waals surface area contributed by atoms with Crippen LogP contribution in [0.3, 0.4) is 0 Å². The molecule has 3 nitrogen and oxygen atoms in total. The minimum atomic E-state index is -0.676. The molecule has 1 aromatic rings. The van der Waals surface area contributed by atoms with Crippen molar-refractivity contribution in [1.29, 1.82) is 0 Å². The van der Waals surface area contributed by atoms with Crippen molar-refractivity contribution in [3.8, 4) is 0 Å². The summed E-state index contributed by atoms with van der Waals surface area (Å²) in [5.74, 6) is -1.18. The molecular formula is C12H16FNO2. The normalized spacial score (nSPS) is 11.2. The smallest absolute Gasteiger partial charge is 0.338 e. The number of halogens is 1. The lowest BCUT2D eigenvalue weighted by Crippen LogP contribution is -2.13. The van der Waals surface area contributed by atoms with E-state index in [1.807, 2.05) is 0 Å². The second-order valence-electron chi connectivity index (χ2n) is 4.81. The quantitative estimate of drug-likeness (QED) is 0.586. The van der Waals surface area contributed by atoms with Gasteiger partial charge in [0, 0.05) is 12.3 Å². The van der Waals surface area contributed by atoms with E-state index >= 15 is 0 Å². The number of esters is 1. The fourth-order valence-electron chi connectivity index (χ4n) is 1.06. The summed E-state index contributed by atoms with van der Waals surface area (Å²) in [6, 6.07) is 2.50. The Bertz CT molecular complexity index is 372. The molecule has 0 amide bonds. The summed E-state index contributed by atoms with van der Waals surface area (Å²) >= 11 is 0. The highest BCUT2D eigenvalue weighted by molar-refractivity contribution is 5.89. The van der Waals surface area contributed by atoms with Crippen LogP contribution in [0.25, 0.3) is 0 Å². The average Bonchev–Trinajstić information content (AvgIpc) is 2.15. The Morgan fingerprint density at radius 1 is 1.50 bits per heavy atom. The second kappa shape index (κ2) is 5.05. The maximum Gasteiger partial charge on any atom is 0.338 e. The zero-order valence-corrected chi connectivity index (χ0v) is 9.79. The van der Waals surface area contributed by atoms with E-state index in [0.717, 1.165) is 12.5 Å². The molecule has 0 atom stereocenters. The first-order valence-electron chi connectivity index (χ1n) is 5.17. The van der Waals surface area contributed by atoms with Gasteiger partial charge < -0.3 is 4.74 Å². The summed E-state index contributed by atoms with van der Waals surface area (Å²) in [7, 11) is 0. The molecule has 0 radical (unpaired) electrons. The number of hydrogen-bond acceptors (Lipinski definition) is 3. The van der Waals surface area contributed by atoms with E-state index < -0.39 is 11.9 Å². The Hall–Kier alpha value is -1.45. The molecule has 0 aliphatic carbocycles. The molecule has 4 heteroatoms. The highest BCUT2D eigenvalue weighted by Gasteiger charge is 2.13. The third-order valence-electron chi connectivity index (χ3n) is 2.05. The van der Waals surface area contributed by atoms with Gasteiger partial charge in [-0.2, -0.15) is 4.39 Å². The lowest BCUT2D eigenvalue weighted by Gasteiger charge is -2.17. The maximum absolute atomic E-state index is 12.7. The van der Waals surface area contributed by atoms with Crippen LogP contribution in [-0.2, 0) is 4.74 Å². The molecule has 0 fully saturated rings. The topological polar surface area (TPSA) is 39.2 Å². The van der Waals surface area contributed by atoms with Crippen molar-refractivity contribution < 1.29 is 13.9 Å². The number of carbonyl (C=O) groups excluding carboxylic acids is 1. The highest BCUT2D eigenvalue weighted by Crippen LogP contribution is 2.18. The van der Waals surface area contributed by atoms with Crippen molar-refractivity contribution in [3.63, 3.8) is 0 Å². The molecule has 1 rings (SSSR count). The molecule has 0 N–H and O–H groups in total. The number of hydrogen-bond donors (Lipinski definition) is 0. The fourth-order valence-corrected chi connectivity index (χ4v) is 1.06. The van der Waals surface area contributed by atoms with Gasteiger partial charge in [0.15, 0.2) is 0 Å². The molecule has 0 saturated carbocycles. The standard InChI is InChI=1S/C12H16FNO2/c1-12(2,3)5-7-16-11(15)9-4-6-14-10(13)8-9/h4,6,8H,5,7H2,1-3H3. The van der Waals surface area contributed by atoms with Gasteiger partial charge >= 0.3 is 5.97 Å². The Balaban J connectivity index is 2.47. The zero-order chi connectivity index (χ0) is 12.2. The SMILES string of the molecule is CC(C)(C)CCOC(=O)c1ccnc(F)c1. The molecule has 0 aromatic carbocycles. The van der Waals surface area contributed by atoms with E-state index in [1.165, 1.54) is 12.3 Å². The van der Waals surface area contributed by atoms with Crippen LogP contribution in [0, 0.1) is 11.4 Å². The first kappa shape index (κ1) is 12.6. The van der Waals surface area contributed by atoms with E-state index in [-0.39, 0.29) is 11.0 Å². The largest absolute Gasteiger partial charge is 0.462 e. The van der Waals surface area contributed by atoms with Crippen LogP contribution in [0.5, 0.6) is 0 Å². The van der Waals surface area contributed by atoms with Gasteiger partial charge in [0.1, 0.15) is 0 Å². The first-order chi connectivity index (χ1) is 7.38. The average molecular weight is 225 g/mol. The van der Waals surface area contributed by atoms with Crippen LogP contribution in [0.2, 0.25) is 0 Å². The van der Waals surface area contributed by atoms with Crippen LogP contribution in [0.15, 0.2) is 18.3 Å². The van der Waals surface area contributed by atoms with Gasteiger partial charge in [-0.25, -0.2) is 9.78 Å². The summed E-state index contributed by atoms with van der Waals surface area (Å²) in [5.41, 5.74) is 0.311. The van der Waals surface area contributed by atoms with E-state index in [2.05, 4.69) is 25.8 Å². The van der Waals surface area contributed by atoms with Gasteiger partial charge in [0.2, 0.25) is 5.95 Å². The number of carbonyl (C=O) groups is 1. The van der Waals surface area contributed by atoms with Crippen LogP contribution >= 0.6 is 0 Å². The summed E-state index contributed by atoms with van der Waals surface area (Å²) in [6.45, 7) is 6.53. The van der Waals surface area contributed by atoms with Crippen LogP contribution in [0.4, 0.5) is 4.39 Å². The summed E-state index contributed by atoms with van der Waals surface area (Å²) in [4.78, 5) is 14.8. The molecule has 1 aromatic heterocycles. The van der Waals surface area contributed by atoms with Crippen LogP contribution in [0.1, 0.15) is 37.6 Å². The maximum atomic E-state index is 12.7. The minimum absolute atomic E-state index is 0.115. The van der Waals surface area contributed by atoms with E-state index in [0.29, 0.717) is 6.61 Å². The first-order valence-corrected chi connectivity index (χ1v) is 5.17. The predicted molar refractivity (Wildman–Crippen MR) is 58.5 cm³/mol. The van der Waals surface area contributed by atoms with E-state index in [1.54, 1.807) is 0 Å². The Morgan fingerprint density at radius 3 is 2.75 bits per heavy atom. The number of ether oxygens (including phenoxy) is 1. The number of aromatic nitrogens is 1. The van der Waals surface area contributed by atoms with Crippen molar-refractivity contribution in [1.82, 2.24) is 4.98 Å². The van der Waals surface area contributed by atoms with Gasteiger partial charge in [0.05, 0.1) is 12.2 Å². The molecule has 16 heavy (non-hydrogen) atoms. The Labute approximate surface area is 94.6 Å². The number of rotatable bonds is 3. The van der Waals surface area contributed by atoms with Gasteiger partial charge in [-0.1, -0.05) is 20.8 Å². The number of pyridine rings is 1. The molecule has 0 bridgehead atoms. The molecule has 0 unspecified atom stereocenters. The molecule has 0 spiro atoms. The van der Waals surface area contributed by atoms with Crippen molar-refractivity contribution in [3.05, 3.63) is 29.8 Å². The third-order valence-corrected chi connectivity index (χ3v) is 2.05. The van der Waals surface area contributed by atoms with Gasteiger partial charge in [-0.05, 0) is 17.9 Å². The monoisotopic (exact) mass is 225 g/mol. The van der Waals surface area contributed by atoms with Crippen LogP contribution < -0.4 is 0 Å². The van der Waals surface area contributed by atoms with Crippen molar-refractivity contribution in [2.75, 3.05) is 6.61 Å². The molecular weight excluding hydrogens is 209 g/mol. The predicted octanol–water partition coefficient (Wildman–Crippen LogP) is 2.81. The van der Waals surface area contributed by atoms with Crippen molar-refractivity contribution >= 4 is 5.97 Å². The van der Waals surface area contributed by atoms with Crippen LogP contribution in [-0.4, -0.2) is 17.6 Å². The second-order valence-corrected chi connectivity index (χ2v) is 4.81. The summed E-state index contributed by atoms with van der Waals surface area (Å²) in [5, 5.41) is 0. The third kappa shape index (κ3) is 4.38. The summed E-state index contributed by atoms with van der Waals surface area (Å²) in [6.07, 6.45) is 2.02. The Kier molecular flexibility index (Phi) is 3.99. The molecule has 0 saturated heterocycles. The Morgan fingerprint density at radius 2 is 2.19 bits per heavy atom. The number of nitrogens with zero attached hydrogens (tertiary/aromatic N) is 1. The van der Waals surface area contributed by atoms with Crippen molar-refractivity contribution in [2.45, 2.75) is 27.2 Å². The molecule has 0 aliphatic rings. The molecule has 88 valence electrons. The highest BCUT2D eigenvalue weighted by atomic mass is 19.1. The molecule has 0 aliphatic heterocycles. The lowest BCUT2D eigenvalue weighted by molar-refractivity contribution is 0.0464. The minimum Gasteiger partial charge on any atom is -0.462 e. The van der Waals surface area contributed by atoms with Crippen molar-refractivity contribution in [2.24, 2.45) is 5.41 Å². The summed E-state index contributed by atoms with van der Waals surface area (Å²) < 4.78 is 17.7. The van der Waals surface area contributed by atoms with Gasteiger partial charge in [0.25, 0.3) is 0 Å². The zero-order valence-electron chi connectivity index (χ0n) is 9.79.